The second-order valence-corrected chi connectivity index (χ2v) is 11.6. The first-order valence-electron chi connectivity index (χ1n) is 14.2. The number of aliphatic imine (C=N–C) groups is 1. The Hall–Kier alpha value is -4.51. The molecule has 0 unspecified atom stereocenters. The summed E-state index contributed by atoms with van der Waals surface area (Å²) < 4.78 is 18.4. The Balaban J connectivity index is 1.32. The van der Waals surface area contributed by atoms with Crippen molar-refractivity contribution in [2.45, 2.75) is 41.5 Å². The van der Waals surface area contributed by atoms with Crippen molar-refractivity contribution < 1.29 is 8.79 Å². The third kappa shape index (κ3) is 4.02. The molecule has 2 aliphatic heterocycles. The molecule has 0 bridgehead atoms. The van der Waals surface area contributed by atoms with E-state index in [9.17, 15) is 0 Å². The maximum absolute atomic E-state index is 16.7. The van der Waals surface area contributed by atoms with Gasteiger partial charge in [-0.3, -0.25) is 9.13 Å². The van der Waals surface area contributed by atoms with Crippen LogP contribution in [-0.4, -0.2) is 13.1 Å². The lowest BCUT2D eigenvalue weighted by molar-refractivity contribution is -0.503. The predicted molar refractivity (Wildman–Crippen MR) is 171 cm³/mol. The molecule has 7 rings (SSSR count). The van der Waals surface area contributed by atoms with Gasteiger partial charge in [0.1, 0.15) is 5.52 Å². The van der Waals surface area contributed by atoms with Crippen molar-refractivity contribution in [1.82, 2.24) is 0 Å². The summed E-state index contributed by atoms with van der Waals surface area (Å²) in [4.78, 5) is 6.59. The number of hydrogen-bond donors (Lipinski definition) is 0. The number of rotatable bonds is 2. The van der Waals surface area contributed by atoms with Gasteiger partial charge in [0.05, 0.1) is 0 Å². The SMILES string of the molecule is Cc1cc(C)c(-c2ccc3c(c2)C=CC2=Nc4ccc5cc(-c6c(C)cc(C)cc6C)ccc5[n+]4B(F)N23)c(C)c1. The van der Waals surface area contributed by atoms with Crippen LogP contribution < -0.4 is 9.29 Å². The monoisotopic (exact) mass is 536 g/mol. The van der Waals surface area contributed by atoms with E-state index < -0.39 is 7.26 Å². The summed E-state index contributed by atoms with van der Waals surface area (Å²) in [5, 5.41) is 0.986. The molecule has 5 aromatic rings. The van der Waals surface area contributed by atoms with Crippen LogP contribution in [0.1, 0.15) is 38.9 Å². The fraction of sp³-hybridized carbons (Fsp3) is 0.167. The van der Waals surface area contributed by atoms with Gasteiger partial charge in [-0.1, -0.05) is 47.5 Å². The molecule has 0 saturated carbocycles. The lowest BCUT2D eigenvalue weighted by Crippen LogP contribution is -2.64. The minimum Gasteiger partial charge on any atom is -0.275 e. The highest BCUT2D eigenvalue weighted by atomic mass is 19.1. The van der Waals surface area contributed by atoms with Gasteiger partial charge in [0.15, 0.2) is 0 Å². The fourth-order valence-electron chi connectivity index (χ4n) is 7.00. The average Bonchev–Trinajstić information content (AvgIpc) is 2.91. The summed E-state index contributed by atoms with van der Waals surface area (Å²) in [6.07, 6.45) is 3.97. The topological polar surface area (TPSA) is 19.5 Å². The number of aryl methyl sites for hydroxylation is 6. The minimum atomic E-state index is -1.42. The third-order valence-corrected chi connectivity index (χ3v) is 8.48. The van der Waals surface area contributed by atoms with Crippen LogP contribution in [0.2, 0.25) is 0 Å². The largest absolute Gasteiger partial charge is 0.727 e. The van der Waals surface area contributed by atoms with Crippen LogP contribution in [0.25, 0.3) is 39.2 Å². The summed E-state index contributed by atoms with van der Waals surface area (Å²) in [7, 11) is -1.42. The second kappa shape index (κ2) is 9.27. The van der Waals surface area contributed by atoms with Gasteiger partial charge in [0, 0.05) is 23.2 Å². The van der Waals surface area contributed by atoms with Crippen LogP contribution in [0.5, 0.6) is 0 Å². The molecule has 0 N–H and O–H groups in total. The summed E-state index contributed by atoms with van der Waals surface area (Å²) in [5.41, 5.74) is 14.9. The van der Waals surface area contributed by atoms with Gasteiger partial charge < -0.3 is 0 Å². The molecule has 5 heteroatoms. The van der Waals surface area contributed by atoms with E-state index in [0.717, 1.165) is 33.3 Å². The first-order valence-corrected chi connectivity index (χ1v) is 14.2. The zero-order chi connectivity index (χ0) is 28.6. The lowest BCUT2D eigenvalue weighted by atomic mass is 9.88. The smallest absolute Gasteiger partial charge is 0.275 e. The average molecular weight is 536 g/mol. The van der Waals surface area contributed by atoms with Crippen LogP contribution in [0.3, 0.4) is 0 Å². The molecule has 0 spiro atoms. The van der Waals surface area contributed by atoms with E-state index in [1.807, 2.05) is 24.3 Å². The van der Waals surface area contributed by atoms with Crippen LogP contribution in [0.4, 0.5) is 15.8 Å². The van der Waals surface area contributed by atoms with Crippen molar-refractivity contribution in [3.63, 3.8) is 0 Å². The van der Waals surface area contributed by atoms with Crippen molar-refractivity contribution >= 4 is 41.6 Å². The third-order valence-electron chi connectivity index (χ3n) is 8.48. The van der Waals surface area contributed by atoms with Crippen molar-refractivity contribution in [3.8, 4) is 22.3 Å². The van der Waals surface area contributed by atoms with Gasteiger partial charge in [-0.2, -0.15) is 0 Å². The van der Waals surface area contributed by atoms with Gasteiger partial charge >= 0.3 is 13.1 Å². The number of hydrogen-bond acceptors (Lipinski definition) is 2. The first-order chi connectivity index (χ1) is 19.7. The summed E-state index contributed by atoms with van der Waals surface area (Å²) >= 11 is 0. The molecule has 3 nitrogen and oxygen atoms in total. The molecular weight excluding hydrogens is 504 g/mol. The molecular formula is C36H32BFN3+. The standard InChI is InChI=1S/C36H32BFN3/c1-21-15-23(3)35(24(4)16-21)29-7-11-31-27(19-29)9-13-33-39-34-14-10-28-20-30(36-25(5)17-22(2)18-26(36)6)8-12-32(28)41(34)37(38)40(31)33/h7-20H,1-6H3/q+1. The Morgan fingerprint density at radius 3 is 1.88 bits per heavy atom. The van der Waals surface area contributed by atoms with E-state index in [1.165, 1.54) is 44.5 Å². The van der Waals surface area contributed by atoms with Gasteiger partial charge in [0.25, 0.3) is 0 Å². The second-order valence-electron chi connectivity index (χ2n) is 11.6. The molecule has 200 valence electrons. The van der Waals surface area contributed by atoms with E-state index in [1.54, 1.807) is 9.29 Å². The van der Waals surface area contributed by atoms with Crippen molar-refractivity contribution in [2.24, 2.45) is 4.99 Å². The number of pyridine rings is 1. The number of amidine groups is 1. The summed E-state index contributed by atoms with van der Waals surface area (Å²) in [5.74, 6) is 1.23. The van der Waals surface area contributed by atoms with Crippen molar-refractivity contribution in [2.75, 3.05) is 4.81 Å². The molecule has 0 fully saturated rings. The number of benzene rings is 4. The lowest BCUT2D eigenvalue weighted by Gasteiger charge is -2.29. The Morgan fingerprint density at radius 1 is 0.659 bits per heavy atom. The molecule has 3 heterocycles. The van der Waals surface area contributed by atoms with E-state index in [4.69, 9.17) is 4.99 Å². The zero-order valence-electron chi connectivity index (χ0n) is 24.4. The van der Waals surface area contributed by atoms with Gasteiger partial charge in [-0.15, -0.1) is 0 Å². The van der Waals surface area contributed by atoms with E-state index in [0.29, 0.717) is 11.7 Å². The van der Waals surface area contributed by atoms with Crippen LogP contribution in [0.15, 0.2) is 83.9 Å². The van der Waals surface area contributed by atoms with Gasteiger partial charge in [0.2, 0.25) is 5.84 Å². The minimum absolute atomic E-state index is 0.613. The molecule has 2 aliphatic rings. The molecule has 0 atom stereocenters. The molecule has 0 aliphatic carbocycles. The Kier molecular flexibility index (Phi) is 5.76. The Labute approximate surface area is 241 Å². The highest BCUT2D eigenvalue weighted by molar-refractivity contribution is 6.57. The van der Waals surface area contributed by atoms with Crippen molar-refractivity contribution in [3.05, 3.63) is 118 Å². The van der Waals surface area contributed by atoms with Gasteiger partial charge in [-0.25, -0.2) is 4.48 Å². The van der Waals surface area contributed by atoms with Crippen molar-refractivity contribution in [1.29, 1.82) is 0 Å². The first kappa shape index (κ1) is 25.5. The van der Waals surface area contributed by atoms with Crippen LogP contribution in [-0.2, 0) is 0 Å². The molecule has 41 heavy (non-hydrogen) atoms. The predicted octanol–water partition coefficient (Wildman–Crippen LogP) is 8.69. The summed E-state index contributed by atoms with van der Waals surface area (Å²) in [6.45, 7) is 12.9. The Morgan fingerprint density at radius 2 is 1.24 bits per heavy atom. The van der Waals surface area contributed by atoms with E-state index >= 15 is 4.32 Å². The highest BCUT2D eigenvalue weighted by Crippen LogP contribution is 2.37. The quantitative estimate of drug-likeness (QED) is 0.207. The molecule has 1 aromatic heterocycles. The maximum Gasteiger partial charge on any atom is 0.727 e. The molecule has 0 amide bonds. The molecule has 0 radical (unpaired) electrons. The molecule has 4 aromatic carbocycles. The van der Waals surface area contributed by atoms with E-state index in [-0.39, 0.29) is 0 Å². The van der Waals surface area contributed by atoms with Crippen LogP contribution >= 0.6 is 0 Å². The molecule has 0 saturated heterocycles. The highest BCUT2D eigenvalue weighted by Gasteiger charge is 2.47. The number of fused-ring (bicyclic) bond motifs is 6. The maximum atomic E-state index is 16.7. The summed E-state index contributed by atoms with van der Waals surface area (Å²) in [6, 6.07) is 25.5. The van der Waals surface area contributed by atoms with Crippen LogP contribution in [0, 0.1) is 41.5 Å². The van der Waals surface area contributed by atoms with Gasteiger partial charge in [-0.05, 0) is 133 Å². The number of nitrogens with zero attached hydrogens (tertiary/aromatic N) is 3. The number of halogens is 1. The zero-order valence-corrected chi connectivity index (χ0v) is 24.4. The van der Waals surface area contributed by atoms with E-state index in [2.05, 4.69) is 102 Å². The Bertz CT molecular complexity index is 1940. The fourth-order valence-corrected chi connectivity index (χ4v) is 7.00. The number of anilines is 1. The number of aromatic nitrogens is 1. The normalized spacial score (nSPS) is 13.7.